The molecule has 1 rings (SSSR count). The van der Waals surface area contributed by atoms with Gasteiger partial charge in [-0.25, -0.2) is 4.79 Å². The van der Waals surface area contributed by atoms with Crippen LogP contribution in [0.4, 0.5) is 0 Å². The van der Waals surface area contributed by atoms with Crippen LogP contribution in [0.1, 0.15) is 39.0 Å². The predicted molar refractivity (Wildman–Crippen MR) is 80.5 cm³/mol. The molecule has 0 aromatic carbocycles. The largest absolute Gasteiger partial charge is 0.463 e. The second-order valence-corrected chi connectivity index (χ2v) is 5.22. The van der Waals surface area contributed by atoms with Crippen molar-refractivity contribution in [1.29, 1.82) is 0 Å². The topological polar surface area (TPSA) is 46.5 Å². The van der Waals surface area contributed by atoms with Gasteiger partial charge in [0.15, 0.2) is 0 Å². The van der Waals surface area contributed by atoms with E-state index < -0.39 is 12.1 Å². The van der Waals surface area contributed by atoms with Gasteiger partial charge >= 0.3 is 5.97 Å². The molecular weight excluding hydrogens is 343 g/mol. The van der Waals surface area contributed by atoms with E-state index in [2.05, 4.69) is 6.58 Å². The normalized spacial score (nSPS) is 19.4. The number of hydrogen-bond donors (Lipinski definition) is 1. The minimum absolute atomic E-state index is 0.299. The van der Waals surface area contributed by atoms with Gasteiger partial charge in [-0.1, -0.05) is 48.4 Å². The molecule has 1 aliphatic rings. The molecule has 0 aromatic heterocycles. The Balaban J connectivity index is 2.68. The van der Waals surface area contributed by atoms with Gasteiger partial charge in [0.2, 0.25) is 0 Å². The summed E-state index contributed by atoms with van der Waals surface area (Å²) in [7, 11) is 0. The number of carbonyl (C=O) groups excluding carboxylic acids is 1. The highest BCUT2D eigenvalue weighted by atomic mass is 127. The van der Waals surface area contributed by atoms with E-state index in [0.717, 1.165) is 18.4 Å². The Kier molecular flexibility index (Phi) is 6.92. The third-order valence-electron chi connectivity index (χ3n) is 3.40. The third-order valence-corrected chi connectivity index (χ3v) is 4.08. The molecular formula is C14H21IO3. The molecule has 0 radical (unpaired) electrons. The number of ether oxygens (including phenoxy) is 1. The van der Waals surface area contributed by atoms with Gasteiger partial charge in [-0.15, -0.1) is 0 Å². The number of aliphatic hydroxyl groups is 1. The van der Waals surface area contributed by atoms with Gasteiger partial charge < -0.3 is 9.84 Å². The van der Waals surface area contributed by atoms with E-state index in [-0.39, 0.29) is 0 Å². The standard InChI is InChI=1S/C14H21IO3/c1-3-18-14(17)12(9-15)13(16)10(2)11-7-5-4-6-8-11/h9,11,13,16H,2-8H2,1H3/b12-9-/t13-/m1/s1. The summed E-state index contributed by atoms with van der Waals surface area (Å²) in [6, 6.07) is 0. The van der Waals surface area contributed by atoms with Crippen molar-refractivity contribution in [2.45, 2.75) is 45.1 Å². The number of rotatable bonds is 5. The molecule has 0 heterocycles. The summed E-state index contributed by atoms with van der Waals surface area (Å²) in [6.45, 7) is 6.06. The molecule has 102 valence electrons. The minimum Gasteiger partial charge on any atom is -0.463 e. The Hall–Kier alpha value is -0.360. The summed E-state index contributed by atoms with van der Waals surface area (Å²) in [5, 5.41) is 10.3. The molecule has 0 aliphatic heterocycles. The minimum atomic E-state index is -0.899. The third kappa shape index (κ3) is 4.09. The van der Waals surface area contributed by atoms with E-state index in [4.69, 9.17) is 4.74 Å². The molecule has 0 unspecified atom stereocenters. The lowest BCUT2D eigenvalue weighted by Gasteiger charge is -2.27. The molecule has 1 aliphatic carbocycles. The van der Waals surface area contributed by atoms with E-state index in [1.165, 1.54) is 19.3 Å². The summed E-state index contributed by atoms with van der Waals surface area (Å²) >= 11 is 1.96. The molecule has 3 nitrogen and oxygen atoms in total. The second kappa shape index (κ2) is 7.94. The van der Waals surface area contributed by atoms with Crippen molar-refractivity contribution in [2.75, 3.05) is 6.61 Å². The van der Waals surface area contributed by atoms with Gasteiger partial charge in [-0.05, 0) is 35.3 Å². The van der Waals surface area contributed by atoms with Gasteiger partial charge in [0.25, 0.3) is 0 Å². The molecule has 0 spiro atoms. The highest BCUT2D eigenvalue weighted by Crippen LogP contribution is 2.32. The van der Waals surface area contributed by atoms with Crippen LogP contribution in [0.3, 0.4) is 0 Å². The quantitative estimate of drug-likeness (QED) is 0.352. The van der Waals surface area contributed by atoms with Crippen molar-refractivity contribution >= 4 is 28.6 Å². The van der Waals surface area contributed by atoms with Crippen LogP contribution in [-0.2, 0) is 9.53 Å². The van der Waals surface area contributed by atoms with E-state index in [1.807, 2.05) is 22.6 Å². The molecule has 1 saturated carbocycles. The molecule has 0 amide bonds. The van der Waals surface area contributed by atoms with Gasteiger partial charge in [0, 0.05) is 0 Å². The predicted octanol–water partition coefficient (Wildman–Crippen LogP) is 3.37. The van der Waals surface area contributed by atoms with Crippen molar-refractivity contribution in [3.63, 3.8) is 0 Å². The van der Waals surface area contributed by atoms with E-state index >= 15 is 0 Å². The van der Waals surface area contributed by atoms with Crippen LogP contribution in [0, 0.1) is 5.92 Å². The van der Waals surface area contributed by atoms with Crippen LogP contribution >= 0.6 is 22.6 Å². The maximum atomic E-state index is 11.7. The first-order valence-corrected chi connectivity index (χ1v) is 7.70. The zero-order chi connectivity index (χ0) is 13.5. The van der Waals surface area contributed by atoms with Crippen molar-refractivity contribution in [2.24, 2.45) is 5.92 Å². The van der Waals surface area contributed by atoms with Crippen molar-refractivity contribution in [3.8, 4) is 0 Å². The average molecular weight is 364 g/mol. The number of aliphatic hydroxyl groups excluding tert-OH is 1. The SMILES string of the molecule is C=C(C1CCCCC1)[C@@H](O)/C(=C/I)C(=O)OCC. The lowest BCUT2D eigenvalue weighted by Crippen LogP contribution is -2.26. The highest BCUT2D eigenvalue weighted by Gasteiger charge is 2.27. The van der Waals surface area contributed by atoms with Crippen LogP contribution in [-0.4, -0.2) is 23.8 Å². The highest BCUT2D eigenvalue weighted by molar-refractivity contribution is 14.1. The summed E-state index contributed by atoms with van der Waals surface area (Å²) in [4.78, 5) is 11.7. The van der Waals surface area contributed by atoms with Crippen LogP contribution in [0.5, 0.6) is 0 Å². The lowest BCUT2D eigenvalue weighted by molar-refractivity contribution is -0.139. The van der Waals surface area contributed by atoms with Crippen LogP contribution in [0.25, 0.3) is 0 Å². The van der Waals surface area contributed by atoms with Gasteiger partial charge in [-0.2, -0.15) is 0 Å². The first-order chi connectivity index (χ1) is 8.61. The van der Waals surface area contributed by atoms with E-state index in [0.29, 0.717) is 18.1 Å². The molecule has 4 heteroatoms. The van der Waals surface area contributed by atoms with Gasteiger partial charge in [0.05, 0.1) is 12.2 Å². The molecule has 0 saturated heterocycles. The van der Waals surface area contributed by atoms with Crippen molar-refractivity contribution < 1.29 is 14.6 Å². The molecule has 18 heavy (non-hydrogen) atoms. The molecule has 1 atom stereocenters. The molecule has 1 fully saturated rings. The number of carbonyl (C=O) groups is 1. The number of esters is 1. The Bertz CT molecular complexity index is 330. The van der Waals surface area contributed by atoms with Crippen LogP contribution < -0.4 is 0 Å². The van der Waals surface area contributed by atoms with E-state index in [9.17, 15) is 9.90 Å². The fourth-order valence-electron chi connectivity index (χ4n) is 2.33. The number of halogens is 1. The average Bonchev–Trinajstić information content (AvgIpc) is 2.40. The molecule has 0 aromatic rings. The van der Waals surface area contributed by atoms with Gasteiger partial charge in [0.1, 0.15) is 6.10 Å². The fourth-order valence-corrected chi connectivity index (χ4v) is 2.92. The Morgan fingerprint density at radius 1 is 1.50 bits per heavy atom. The monoisotopic (exact) mass is 364 g/mol. The lowest BCUT2D eigenvalue weighted by atomic mass is 9.81. The fraction of sp³-hybridized carbons (Fsp3) is 0.643. The Labute approximate surface area is 122 Å². The Morgan fingerprint density at radius 2 is 2.11 bits per heavy atom. The first-order valence-electron chi connectivity index (χ1n) is 6.46. The first kappa shape index (κ1) is 15.7. The zero-order valence-electron chi connectivity index (χ0n) is 10.8. The van der Waals surface area contributed by atoms with E-state index in [1.54, 1.807) is 11.0 Å². The summed E-state index contributed by atoms with van der Waals surface area (Å²) in [5.41, 5.74) is 1.05. The second-order valence-electron chi connectivity index (χ2n) is 4.60. The maximum absolute atomic E-state index is 11.7. The zero-order valence-corrected chi connectivity index (χ0v) is 13.0. The molecule has 1 N–H and O–H groups in total. The van der Waals surface area contributed by atoms with Crippen molar-refractivity contribution in [1.82, 2.24) is 0 Å². The van der Waals surface area contributed by atoms with Crippen LogP contribution in [0.2, 0.25) is 0 Å². The summed E-state index contributed by atoms with van der Waals surface area (Å²) in [6.07, 6.45) is 4.84. The number of hydrogen-bond acceptors (Lipinski definition) is 3. The summed E-state index contributed by atoms with van der Waals surface area (Å²) in [5.74, 6) is -0.120. The van der Waals surface area contributed by atoms with Gasteiger partial charge in [-0.3, -0.25) is 0 Å². The molecule has 0 bridgehead atoms. The smallest absolute Gasteiger partial charge is 0.337 e. The van der Waals surface area contributed by atoms with Crippen molar-refractivity contribution in [3.05, 3.63) is 21.8 Å². The maximum Gasteiger partial charge on any atom is 0.337 e. The Morgan fingerprint density at radius 3 is 2.61 bits per heavy atom. The summed E-state index contributed by atoms with van der Waals surface area (Å²) < 4.78 is 6.53. The van der Waals surface area contributed by atoms with Crippen LogP contribution in [0.15, 0.2) is 21.8 Å².